The molecule has 0 aliphatic carbocycles. The minimum atomic E-state index is -0.402. The Hall–Kier alpha value is -2.39. The van der Waals surface area contributed by atoms with Gasteiger partial charge in [-0.2, -0.15) is 10.3 Å². The number of nitrogens with zero attached hydrogens (tertiary/aromatic N) is 3. The zero-order valence-corrected chi connectivity index (χ0v) is 16.1. The number of amides is 1. The van der Waals surface area contributed by atoms with Crippen LogP contribution in [0.2, 0.25) is 0 Å². The summed E-state index contributed by atoms with van der Waals surface area (Å²) in [5, 5.41) is 9.07. The van der Waals surface area contributed by atoms with Crippen LogP contribution in [0.4, 0.5) is 0 Å². The summed E-state index contributed by atoms with van der Waals surface area (Å²) in [5.74, 6) is 0.0171. The molecular formula is C19H23N3O2S. The molecule has 2 rings (SSSR count). The topological polar surface area (TPSA) is 67.4 Å². The maximum atomic E-state index is 12.7. The maximum absolute atomic E-state index is 12.7. The number of hydrogen-bond acceptors (Lipinski definition) is 4. The molecule has 1 heterocycles. The number of nitriles is 1. The van der Waals surface area contributed by atoms with E-state index in [2.05, 4.69) is 38.9 Å². The lowest BCUT2D eigenvalue weighted by atomic mass is 9.95. The number of thiazole rings is 1. The van der Waals surface area contributed by atoms with Crippen LogP contribution in [0, 0.1) is 11.3 Å². The van der Waals surface area contributed by atoms with E-state index in [1.165, 1.54) is 29.4 Å². The zero-order valence-electron chi connectivity index (χ0n) is 15.3. The van der Waals surface area contributed by atoms with Gasteiger partial charge in [0.2, 0.25) is 0 Å². The van der Waals surface area contributed by atoms with Crippen molar-refractivity contribution < 1.29 is 9.53 Å². The predicted molar refractivity (Wildman–Crippen MR) is 98.9 cm³/mol. The fourth-order valence-corrected chi connectivity index (χ4v) is 3.38. The van der Waals surface area contributed by atoms with Gasteiger partial charge in [0, 0.05) is 17.6 Å². The van der Waals surface area contributed by atoms with Gasteiger partial charge in [0.05, 0.1) is 24.3 Å². The molecule has 132 valence electrons. The molecule has 1 aromatic carbocycles. The lowest BCUT2D eigenvalue weighted by molar-refractivity contribution is 0.0995. The molecule has 0 radical (unpaired) electrons. The summed E-state index contributed by atoms with van der Waals surface area (Å²) in [7, 11) is 1.50. The first-order chi connectivity index (χ1) is 11.8. The zero-order chi connectivity index (χ0) is 18.6. The molecule has 25 heavy (non-hydrogen) atoms. The average Bonchev–Trinajstić information content (AvgIpc) is 2.97. The third kappa shape index (κ3) is 4.37. The lowest BCUT2D eigenvalue weighted by Gasteiger charge is -2.14. The van der Waals surface area contributed by atoms with Crippen molar-refractivity contribution in [1.82, 2.24) is 4.57 Å². The van der Waals surface area contributed by atoms with Crippen molar-refractivity contribution in [3.8, 4) is 11.8 Å². The van der Waals surface area contributed by atoms with E-state index >= 15 is 0 Å². The van der Waals surface area contributed by atoms with Crippen LogP contribution in [0.25, 0.3) is 0 Å². The number of carbonyl (C=O) groups is 1. The Morgan fingerprint density at radius 2 is 2.12 bits per heavy atom. The van der Waals surface area contributed by atoms with E-state index in [0.29, 0.717) is 21.7 Å². The van der Waals surface area contributed by atoms with Crippen LogP contribution in [0.5, 0.6) is 5.75 Å². The minimum Gasteiger partial charge on any atom is -0.496 e. The Morgan fingerprint density at radius 1 is 1.40 bits per heavy atom. The van der Waals surface area contributed by atoms with Gasteiger partial charge in [-0.05, 0) is 30.0 Å². The molecule has 0 saturated carbocycles. The normalized spacial score (nSPS) is 12.1. The number of carbonyl (C=O) groups excluding carboxylic acids is 1. The van der Waals surface area contributed by atoms with Gasteiger partial charge in [0.15, 0.2) is 4.80 Å². The average molecular weight is 357 g/mol. The van der Waals surface area contributed by atoms with Crippen LogP contribution in [-0.2, 0) is 12.0 Å². The molecule has 0 fully saturated rings. The third-order valence-electron chi connectivity index (χ3n) is 3.68. The molecule has 0 atom stereocenters. The maximum Gasteiger partial charge on any atom is 0.283 e. The van der Waals surface area contributed by atoms with Crippen LogP contribution in [0.15, 0.2) is 29.4 Å². The largest absolute Gasteiger partial charge is 0.496 e. The van der Waals surface area contributed by atoms with Gasteiger partial charge in [-0.3, -0.25) is 4.79 Å². The second kappa shape index (κ2) is 7.66. The predicted octanol–water partition coefficient (Wildman–Crippen LogP) is 3.88. The second-order valence-corrected chi connectivity index (χ2v) is 7.77. The summed E-state index contributed by atoms with van der Waals surface area (Å²) in [5.41, 5.74) is 0.702. The summed E-state index contributed by atoms with van der Waals surface area (Å²) in [6.07, 6.45) is 3.03. The van der Waals surface area contributed by atoms with E-state index in [4.69, 9.17) is 10.00 Å². The van der Waals surface area contributed by atoms with Gasteiger partial charge in [0.1, 0.15) is 5.75 Å². The lowest BCUT2D eigenvalue weighted by Crippen LogP contribution is -2.16. The van der Waals surface area contributed by atoms with Crippen molar-refractivity contribution in [2.75, 3.05) is 7.11 Å². The molecule has 6 heteroatoms. The number of methoxy groups -OCH3 is 1. The van der Waals surface area contributed by atoms with Gasteiger partial charge in [-0.15, -0.1) is 11.3 Å². The minimum absolute atomic E-state index is 0.00457. The molecule has 0 bridgehead atoms. The molecule has 0 saturated heterocycles. The molecule has 0 N–H and O–H groups in total. The number of aryl methyl sites for hydroxylation is 1. The Morgan fingerprint density at radius 3 is 2.68 bits per heavy atom. The number of aromatic nitrogens is 1. The van der Waals surface area contributed by atoms with E-state index in [-0.39, 0.29) is 5.41 Å². The molecule has 1 amide bonds. The van der Waals surface area contributed by atoms with Crippen molar-refractivity contribution >= 4 is 17.2 Å². The van der Waals surface area contributed by atoms with E-state index in [1.807, 2.05) is 10.6 Å². The van der Waals surface area contributed by atoms with Crippen molar-refractivity contribution in [3.63, 3.8) is 0 Å². The monoisotopic (exact) mass is 357 g/mol. The highest BCUT2D eigenvalue weighted by Gasteiger charge is 2.19. The van der Waals surface area contributed by atoms with Crippen LogP contribution >= 0.6 is 11.3 Å². The van der Waals surface area contributed by atoms with Crippen LogP contribution < -0.4 is 9.54 Å². The van der Waals surface area contributed by atoms with Crippen molar-refractivity contribution in [1.29, 1.82) is 5.26 Å². The first-order valence-corrected chi connectivity index (χ1v) is 8.99. The van der Waals surface area contributed by atoms with Crippen molar-refractivity contribution in [2.24, 2.45) is 4.99 Å². The summed E-state index contributed by atoms with van der Waals surface area (Å²) in [4.78, 5) is 18.9. The second-order valence-electron chi connectivity index (χ2n) is 6.77. The Bertz CT molecular complexity index is 879. The molecule has 2 aromatic rings. The van der Waals surface area contributed by atoms with Crippen LogP contribution in [0.3, 0.4) is 0 Å². The molecular weight excluding hydrogens is 334 g/mol. The van der Waals surface area contributed by atoms with Gasteiger partial charge < -0.3 is 9.30 Å². The van der Waals surface area contributed by atoms with Gasteiger partial charge >= 0.3 is 0 Å². The van der Waals surface area contributed by atoms with E-state index < -0.39 is 5.91 Å². The van der Waals surface area contributed by atoms with Crippen molar-refractivity contribution in [2.45, 2.75) is 46.1 Å². The smallest absolute Gasteiger partial charge is 0.283 e. The Kier molecular flexibility index (Phi) is 5.81. The van der Waals surface area contributed by atoms with Gasteiger partial charge in [-0.1, -0.05) is 27.7 Å². The number of benzene rings is 1. The molecule has 0 aliphatic heterocycles. The molecule has 5 nitrogen and oxygen atoms in total. The summed E-state index contributed by atoms with van der Waals surface area (Å²) in [6, 6.07) is 6.80. The first-order valence-electron chi connectivity index (χ1n) is 8.18. The standard InChI is InChI=1S/C19H23N3O2S/c1-6-9-22-12-16(19(2,3)4)25-18(22)21-17(23)14-10-13(11-20)7-8-15(14)24-5/h7-8,10,12H,6,9H2,1-5H3. The first kappa shape index (κ1) is 18.9. The quantitative estimate of drug-likeness (QED) is 0.834. The highest BCUT2D eigenvalue weighted by Crippen LogP contribution is 2.25. The van der Waals surface area contributed by atoms with Gasteiger partial charge in [-0.25, -0.2) is 0 Å². The summed E-state index contributed by atoms with van der Waals surface area (Å²) in [6.45, 7) is 9.31. The van der Waals surface area contributed by atoms with Crippen LogP contribution in [0.1, 0.15) is 54.9 Å². The fraction of sp³-hybridized carbons (Fsp3) is 0.421. The number of ether oxygens (including phenoxy) is 1. The SMILES string of the molecule is CCCn1cc(C(C)(C)C)sc1=NC(=O)c1cc(C#N)ccc1OC. The van der Waals surface area contributed by atoms with E-state index in [1.54, 1.807) is 12.1 Å². The van der Waals surface area contributed by atoms with E-state index in [0.717, 1.165) is 13.0 Å². The van der Waals surface area contributed by atoms with Crippen molar-refractivity contribution in [3.05, 3.63) is 45.2 Å². The Balaban J connectivity index is 2.55. The molecule has 0 aliphatic rings. The highest BCUT2D eigenvalue weighted by molar-refractivity contribution is 7.09. The highest BCUT2D eigenvalue weighted by atomic mass is 32.1. The third-order valence-corrected chi connectivity index (χ3v) is 5.13. The summed E-state index contributed by atoms with van der Waals surface area (Å²) < 4.78 is 7.26. The number of hydrogen-bond donors (Lipinski definition) is 0. The van der Waals surface area contributed by atoms with Crippen LogP contribution in [-0.4, -0.2) is 17.6 Å². The summed E-state index contributed by atoms with van der Waals surface area (Å²) >= 11 is 1.52. The molecule has 0 unspecified atom stereocenters. The number of rotatable bonds is 4. The van der Waals surface area contributed by atoms with E-state index in [9.17, 15) is 4.79 Å². The van der Waals surface area contributed by atoms with Gasteiger partial charge in [0.25, 0.3) is 5.91 Å². The molecule has 0 spiro atoms. The molecule has 1 aromatic heterocycles. The fourth-order valence-electron chi connectivity index (χ4n) is 2.31. The Labute approximate surface area is 152 Å².